The van der Waals surface area contributed by atoms with Crippen molar-refractivity contribution in [3.05, 3.63) is 35.4 Å². The molecule has 0 aliphatic carbocycles. The van der Waals surface area contributed by atoms with E-state index >= 15 is 0 Å². The van der Waals surface area contributed by atoms with Gasteiger partial charge in [-0.25, -0.2) is 8.78 Å². The summed E-state index contributed by atoms with van der Waals surface area (Å²) < 4.78 is 24.6. The molecule has 0 heterocycles. The molecule has 0 aliphatic rings. The quantitative estimate of drug-likeness (QED) is 0.701. The summed E-state index contributed by atoms with van der Waals surface area (Å²) in [4.78, 5) is 0. The summed E-state index contributed by atoms with van der Waals surface area (Å²) >= 11 is 0. The van der Waals surface area contributed by atoms with Gasteiger partial charge in [-0.15, -0.1) is 0 Å². The van der Waals surface area contributed by atoms with Crippen molar-refractivity contribution in [2.75, 3.05) is 13.2 Å². The molecule has 0 saturated carbocycles. The van der Waals surface area contributed by atoms with Gasteiger partial charge in [-0.2, -0.15) is 0 Å². The number of nitrogens with one attached hydrogen (secondary N) is 1. The van der Waals surface area contributed by atoms with Crippen LogP contribution in [0.1, 0.15) is 37.3 Å². The SMILES string of the molecule is CC(CO)CCCNCc1ccc(C(F)F)cc1. The van der Waals surface area contributed by atoms with E-state index in [1.54, 1.807) is 12.1 Å². The minimum Gasteiger partial charge on any atom is -0.396 e. The third kappa shape index (κ3) is 5.56. The van der Waals surface area contributed by atoms with Crippen molar-refractivity contribution in [3.8, 4) is 0 Å². The van der Waals surface area contributed by atoms with E-state index in [4.69, 9.17) is 5.11 Å². The van der Waals surface area contributed by atoms with Crippen LogP contribution in [0.3, 0.4) is 0 Å². The minimum atomic E-state index is -2.40. The molecule has 0 aromatic heterocycles. The average molecular weight is 257 g/mol. The Labute approximate surface area is 107 Å². The highest BCUT2D eigenvalue weighted by Crippen LogP contribution is 2.18. The van der Waals surface area contributed by atoms with Crippen LogP contribution in [0, 0.1) is 5.92 Å². The van der Waals surface area contributed by atoms with Crippen molar-refractivity contribution in [2.24, 2.45) is 5.92 Å². The van der Waals surface area contributed by atoms with E-state index < -0.39 is 6.43 Å². The topological polar surface area (TPSA) is 32.3 Å². The highest BCUT2D eigenvalue weighted by atomic mass is 19.3. The molecular weight excluding hydrogens is 236 g/mol. The predicted octanol–water partition coefficient (Wildman–Crippen LogP) is 3.12. The van der Waals surface area contributed by atoms with Crippen molar-refractivity contribution in [1.29, 1.82) is 0 Å². The van der Waals surface area contributed by atoms with Crippen molar-refractivity contribution in [1.82, 2.24) is 5.32 Å². The maximum Gasteiger partial charge on any atom is 0.263 e. The Morgan fingerprint density at radius 1 is 1.22 bits per heavy atom. The monoisotopic (exact) mass is 257 g/mol. The molecule has 1 atom stereocenters. The molecule has 102 valence electrons. The van der Waals surface area contributed by atoms with Gasteiger partial charge in [0.2, 0.25) is 0 Å². The molecule has 2 N–H and O–H groups in total. The van der Waals surface area contributed by atoms with Gasteiger partial charge in [0.05, 0.1) is 0 Å². The Kier molecular flexibility index (Phi) is 6.83. The Bertz CT molecular complexity index is 327. The first kappa shape index (κ1) is 15.1. The fourth-order valence-corrected chi connectivity index (χ4v) is 1.68. The van der Waals surface area contributed by atoms with E-state index in [1.807, 2.05) is 6.92 Å². The lowest BCUT2D eigenvalue weighted by Crippen LogP contribution is -2.16. The highest BCUT2D eigenvalue weighted by molar-refractivity contribution is 5.23. The number of hydrogen-bond donors (Lipinski definition) is 2. The Morgan fingerprint density at radius 2 is 1.89 bits per heavy atom. The van der Waals surface area contributed by atoms with Crippen LogP contribution in [0.25, 0.3) is 0 Å². The molecule has 0 bridgehead atoms. The van der Waals surface area contributed by atoms with Crippen LogP contribution in [0.2, 0.25) is 0 Å². The van der Waals surface area contributed by atoms with Crippen LogP contribution in [0.4, 0.5) is 8.78 Å². The first-order chi connectivity index (χ1) is 8.63. The zero-order chi connectivity index (χ0) is 13.4. The lowest BCUT2D eigenvalue weighted by atomic mass is 10.1. The fraction of sp³-hybridized carbons (Fsp3) is 0.571. The van der Waals surface area contributed by atoms with Crippen LogP contribution < -0.4 is 5.32 Å². The third-order valence-electron chi connectivity index (χ3n) is 2.92. The zero-order valence-corrected chi connectivity index (χ0v) is 10.7. The molecule has 0 fully saturated rings. The average Bonchev–Trinajstić information content (AvgIpc) is 2.38. The standard InChI is InChI=1S/C14H21F2NO/c1-11(10-18)3-2-8-17-9-12-4-6-13(7-5-12)14(15)16/h4-7,11,14,17-18H,2-3,8-10H2,1H3. The van der Waals surface area contributed by atoms with Gasteiger partial charge in [0.1, 0.15) is 0 Å². The second kappa shape index (κ2) is 8.16. The van der Waals surface area contributed by atoms with Gasteiger partial charge in [0, 0.05) is 18.7 Å². The predicted molar refractivity (Wildman–Crippen MR) is 68.6 cm³/mol. The summed E-state index contributed by atoms with van der Waals surface area (Å²) in [5, 5.41) is 12.1. The van der Waals surface area contributed by atoms with Crippen LogP contribution in [-0.2, 0) is 6.54 Å². The lowest BCUT2D eigenvalue weighted by Gasteiger charge is -2.08. The van der Waals surface area contributed by atoms with E-state index in [0.29, 0.717) is 12.5 Å². The Hall–Kier alpha value is -1.00. The van der Waals surface area contributed by atoms with Gasteiger partial charge in [0.15, 0.2) is 0 Å². The second-order valence-electron chi connectivity index (χ2n) is 4.65. The Morgan fingerprint density at radius 3 is 2.44 bits per heavy atom. The van der Waals surface area contributed by atoms with Crippen LogP contribution in [0.5, 0.6) is 0 Å². The molecule has 0 aliphatic heterocycles. The smallest absolute Gasteiger partial charge is 0.263 e. The molecule has 0 radical (unpaired) electrons. The lowest BCUT2D eigenvalue weighted by molar-refractivity contribution is 0.151. The van der Waals surface area contributed by atoms with E-state index in [0.717, 1.165) is 24.9 Å². The normalized spacial score (nSPS) is 12.9. The summed E-state index contributed by atoms with van der Waals surface area (Å²) in [6, 6.07) is 6.39. The van der Waals surface area contributed by atoms with Crippen molar-refractivity contribution in [2.45, 2.75) is 32.7 Å². The minimum absolute atomic E-state index is 0.0653. The molecule has 0 saturated heterocycles. The van der Waals surface area contributed by atoms with Gasteiger partial charge in [-0.3, -0.25) is 0 Å². The number of aliphatic hydroxyl groups is 1. The maximum absolute atomic E-state index is 12.3. The second-order valence-corrected chi connectivity index (χ2v) is 4.65. The van der Waals surface area contributed by atoms with Crippen LogP contribution >= 0.6 is 0 Å². The molecule has 1 aromatic carbocycles. The molecule has 0 amide bonds. The van der Waals surface area contributed by atoms with Gasteiger partial charge < -0.3 is 10.4 Å². The number of benzene rings is 1. The van der Waals surface area contributed by atoms with Crippen molar-refractivity contribution < 1.29 is 13.9 Å². The number of alkyl halides is 2. The first-order valence-corrected chi connectivity index (χ1v) is 6.32. The van der Waals surface area contributed by atoms with E-state index in [2.05, 4.69) is 5.32 Å². The first-order valence-electron chi connectivity index (χ1n) is 6.32. The van der Waals surface area contributed by atoms with Crippen LogP contribution in [-0.4, -0.2) is 18.3 Å². The van der Waals surface area contributed by atoms with Crippen LogP contribution in [0.15, 0.2) is 24.3 Å². The summed E-state index contributed by atoms with van der Waals surface area (Å²) in [6.45, 7) is 3.82. The summed E-state index contributed by atoms with van der Waals surface area (Å²) in [5.74, 6) is 0.345. The maximum atomic E-state index is 12.3. The molecule has 18 heavy (non-hydrogen) atoms. The van der Waals surface area contributed by atoms with Crippen molar-refractivity contribution >= 4 is 0 Å². The molecule has 1 aromatic rings. The highest BCUT2D eigenvalue weighted by Gasteiger charge is 2.05. The van der Waals surface area contributed by atoms with E-state index in [-0.39, 0.29) is 12.2 Å². The van der Waals surface area contributed by atoms with Gasteiger partial charge in [-0.1, -0.05) is 31.2 Å². The molecule has 2 nitrogen and oxygen atoms in total. The number of rotatable bonds is 8. The van der Waals surface area contributed by atoms with E-state index in [1.165, 1.54) is 12.1 Å². The molecule has 1 rings (SSSR count). The molecule has 0 spiro atoms. The summed E-state index contributed by atoms with van der Waals surface area (Å²) in [5.41, 5.74) is 1.07. The van der Waals surface area contributed by atoms with Gasteiger partial charge in [0.25, 0.3) is 6.43 Å². The third-order valence-corrected chi connectivity index (χ3v) is 2.92. The molecular formula is C14H21F2NO. The molecule has 4 heteroatoms. The number of hydrogen-bond acceptors (Lipinski definition) is 2. The van der Waals surface area contributed by atoms with E-state index in [9.17, 15) is 8.78 Å². The molecule has 1 unspecified atom stereocenters. The van der Waals surface area contributed by atoms with Crippen molar-refractivity contribution in [3.63, 3.8) is 0 Å². The summed E-state index contributed by atoms with van der Waals surface area (Å²) in [6.07, 6.45) is -0.392. The largest absolute Gasteiger partial charge is 0.396 e. The Balaban J connectivity index is 2.19. The number of aliphatic hydroxyl groups excluding tert-OH is 1. The fourth-order valence-electron chi connectivity index (χ4n) is 1.68. The number of halogens is 2. The van der Waals surface area contributed by atoms with Gasteiger partial charge in [-0.05, 0) is 30.9 Å². The van der Waals surface area contributed by atoms with Gasteiger partial charge >= 0.3 is 0 Å². The zero-order valence-electron chi connectivity index (χ0n) is 10.7. The summed E-state index contributed by atoms with van der Waals surface area (Å²) in [7, 11) is 0.